The molecule has 0 fully saturated rings. The summed E-state index contributed by atoms with van der Waals surface area (Å²) in [7, 11) is 5.02. The minimum atomic E-state index is -0.916. The topological polar surface area (TPSA) is 83.2 Å². The van der Waals surface area contributed by atoms with Gasteiger partial charge in [-0.25, -0.2) is 0 Å². The number of amides is 1. The van der Waals surface area contributed by atoms with Crippen molar-refractivity contribution in [2.45, 2.75) is 45.6 Å². The minimum absolute atomic E-state index is 0.105. The molecule has 3 aromatic rings. The number of aromatic nitrogens is 4. The number of carbonyl (C=O) groups is 1. The van der Waals surface area contributed by atoms with Crippen LogP contribution in [-0.4, -0.2) is 39.7 Å². The van der Waals surface area contributed by atoms with Gasteiger partial charge in [-0.2, -0.15) is 10.2 Å². The summed E-state index contributed by atoms with van der Waals surface area (Å²) in [5.74, 6) is 1.76. The predicted molar refractivity (Wildman–Crippen MR) is 121 cm³/mol. The van der Waals surface area contributed by atoms with Gasteiger partial charge in [0.15, 0.2) is 11.5 Å². The van der Waals surface area contributed by atoms with E-state index in [0.717, 1.165) is 16.8 Å². The second-order valence-electron chi connectivity index (χ2n) is 9.04. The molecule has 3 rings (SSSR count). The van der Waals surface area contributed by atoms with Crippen molar-refractivity contribution in [3.8, 4) is 22.6 Å². The third kappa shape index (κ3) is 4.42. The van der Waals surface area contributed by atoms with Crippen molar-refractivity contribution in [3.05, 3.63) is 42.4 Å². The maximum absolute atomic E-state index is 13.1. The first-order valence-electron chi connectivity index (χ1n) is 10.1. The number of hydrogen-bond donors (Lipinski definition) is 1. The number of methoxy groups -OCH3 is 2. The third-order valence-electron chi connectivity index (χ3n) is 5.32. The maximum atomic E-state index is 13.1. The van der Waals surface area contributed by atoms with Crippen LogP contribution in [0, 0.1) is 0 Å². The molecule has 0 aliphatic rings. The zero-order valence-electron chi connectivity index (χ0n) is 19.5. The van der Waals surface area contributed by atoms with Crippen LogP contribution < -0.4 is 14.8 Å². The van der Waals surface area contributed by atoms with Crippen molar-refractivity contribution < 1.29 is 14.3 Å². The molecule has 0 aliphatic carbocycles. The number of hydrogen-bond acceptors (Lipinski definition) is 5. The Balaban J connectivity index is 1.84. The van der Waals surface area contributed by atoms with Crippen molar-refractivity contribution in [1.29, 1.82) is 0 Å². The SMILES string of the molecule is COc1ccc(-c2cnn(C(C)(C)C(=O)Nc3cc(C(C)(C)C)nn3C)c2)cc1OC. The standard InChI is InChI=1S/C23H31N5O3/c1-22(2,3)19-12-20(27(6)26-19)25-21(29)23(4,5)28-14-16(13-24-28)15-9-10-17(30-7)18(11-15)31-8/h9-14H,1-8H3,(H,25,29). The average molecular weight is 426 g/mol. The Morgan fingerprint density at radius 3 is 2.26 bits per heavy atom. The van der Waals surface area contributed by atoms with Crippen LogP contribution >= 0.6 is 0 Å². The second-order valence-corrected chi connectivity index (χ2v) is 9.04. The Hall–Kier alpha value is -3.29. The number of ether oxygens (including phenoxy) is 2. The highest BCUT2D eigenvalue weighted by Crippen LogP contribution is 2.33. The van der Waals surface area contributed by atoms with Gasteiger partial charge in [0.05, 0.1) is 26.1 Å². The van der Waals surface area contributed by atoms with Gasteiger partial charge in [-0.05, 0) is 31.5 Å². The Morgan fingerprint density at radius 1 is 1.00 bits per heavy atom. The van der Waals surface area contributed by atoms with Gasteiger partial charge in [-0.3, -0.25) is 14.2 Å². The Bertz CT molecular complexity index is 1090. The van der Waals surface area contributed by atoms with E-state index in [2.05, 4.69) is 36.3 Å². The first-order chi connectivity index (χ1) is 14.5. The summed E-state index contributed by atoms with van der Waals surface area (Å²) in [6.07, 6.45) is 3.59. The molecule has 166 valence electrons. The first kappa shape index (κ1) is 22.4. The molecular weight excluding hydrogens is 394 g/mol. The number of nitrogens with one attached hydrogen (secondary N) is 1. The summed E-state index contributed by atoms with van der Waals surface area (Å²) >= 11 is 0. The fraction of sp³-hybridized carbons (Fsp3) is 0.435. The van der Waals surface area contributed by atoms with E-state index in [1.807, 2.05) is 51.4 Å². The number of benzene rings is 1. The lowest BCUT2D eigenvalue weighted by atomic mass is 9.92. The molecule has 0 saturated heterocycles. The van der Waals surface area contributed by atoms with Crippen molar-refractivity contribution in [2.75, 3.05) is 19.5 Å². The summed E-state index contributed by atoms with van der Waals surface area (Å²) < 4.78 is 14.0. The van der Waals surface area contributed by atoms with Crippen molar-refractivity contribution in [2.24, 2.45) is 7.05 Å². The normalized spacial score (nSPS) is 12.0. The van der Waals surface area contributed by atoms with Crippen LogP contribution in [-0.2, 0) is 22.8 Å². The molecule has 0 atom stereocenters. The highest BCUT2D eigenvalue weighted by molar-refractivity contribution is 5.95. The van der Waals surface area contributed by atoms with E-state index in [0.29, 0.717) is 17.3 Å². The van der Waals surface area contributed by atoms with E-state index < -0.39 is 5.54 Å². The van der Waals surface area contributed by atoms with Gasteiger partial charge in [0.25, 0.3) is 5.91 Å². The highest BCUT2D eigenvalue weighted by atomic mass is 16.5. The summed E-state index contributed by atoms with van der Waals surface area (Å²) in [4.78, 5) is 13.1. The lowest BCUT2D eigenvalue weighted by Gasteiger charge is -2.24. The first-order valence-corrected chi connectivity index (χ1v) is 10.1. The molecule has 31 heavy (non-hydrogen) atoms. The van der Waals surface area contributed by atoms with Gasteiger partial charge in [-0.1, -0.05) is 26.8 Å². The van der Waals surface area contributed by atoms with Crippen LogP contribution in [0.25, 0.3) is 11.1 Å². The highest BCUT2D eigenvalue weighted by Gasteiger charge is 2.32. The Morgan fingerprint density at radius 2 is 1.68 bits per heavy atom. The van der Waals surface area contributed by atoms with Crippen LogP contribution in [0.1, 0.15) is 40.3 Å². The summed E-state index contributed by atoms with van der Waals surface area (Å²) in [6.45, 7) is 9.92. The van der Waals surface area contributed by atoms with E-state index >= 15 is 0 Å². The van der Waals surface area contributed by atoms with E-state index in [4.69, 9.17) is 9.47 Å². The Labute approximate surface area is 183 Å². The van der Waals surface area contributed by atoms with Crippen LogP contribution in [0.3, 0.4) is 0 Å². The number of rotatable bonds is 6. The number of nitrogens with zero attached hydrogens (tertiary/aromatic N) is 4. The second kappa shape index (κ2) is 8.09. The molecule has 2 heterocycles. The molecule has 0 bridgehead atoms. The smallest absolute Gasteiger partial charge is 0.252 e. The van der Waals surface area contributed by atoms with Crippen LogP contribution in [0.5, 0.6) is 11.5 Å². The molecular formula is C23H31N5O3. The van der Waals surface area contributed by atoms with Crippen LogP contribution in [0.2, 0.25) is 0 Å². The molecule has 0 unspecified atom stereocenters. The molecule has 0 saturated carbocycles. The summed E-state index contributed by atoms with van der Waals surface area (Å²) in [6, 6.07) is 7.57. The van der Waals surface area contributed by atoms with Gasteiger partial charge >= 0.3 is 0 Å². The molecule has 2 aromatic heterocycles. The van der Waals surface area contributed by atoms with Crippen molar-refractivity contribution in [1.82, 2.24) is 19.6 Å². The Kier molecular flexibility index (Phi) is 5.85. The van der Waals surface area contributed by atoms with Crippen LogP contribution in [0.15, 0.2) is 36.7 Å². The fourth-order valence-corrected chi connectivity index (χ4v) is 3.12. The van der Waals surface area contributed by atoms with Crippen molar-refractivity contribution in [3.63, 3.8) is 0 Å². The number of aryl methyl sites for hydroxylation is 1. The molecule has 0 spiro atoms. The quantitative estimate of drug-likeness (QED) is 0.646. The maximum Gasteiger partial charge on any atom is 0.252 e. The monoisotopic (exact) mass is 425 g/mol. The zero-order chi connectivity index (χ0) is 23.0. The van der Waals surface area contributed by atoms with E-state index in [9.17, 15) is 4.79 Å². The van der Waals surface area contributed by atoms with Crippen LogP contribution in [0.4, 0.5) is 5.82 Å². The summed E-state index contributed by atoms with van der Waals surface area (Å²) in [5, 5.41) is 12.0. The minimum Gasteiger partial charge on any atom is -0.493 e. The average Bonchev–Trinajstić information content (AvgIpc) is 3.35. The predicted octanol–water partition coefficient (Wildman–Crippen LogP) is 3.97. The molecule has 0 radical (unpaired) electrons. The van der Waals surface area contributed by atoms with Gasteiger partial charge in [-0.15, -0.1) is 0 Å². The third-order valence-corrected chi connectivity index (χ3v) is 5.32. The molecule has 1 N–H and O–H groups in total. The molecule has 8 heteroatoms. The molecule has 0 aliphatic heterocycles. The van der Waals surface area contributed by atoms with E-state index in [1.165, 1.54) is 0 Å². The lowest BCUT2D eigenvalue weighted by Crippen LogP contribution is -2.41. The van der Waals surface area contributed by atoms with Gasteiger partial charge in [0.2, 0.25) is 0 Å². The largest absolute Gasteiger partial charge is 0.493 e. The van der Waals surface area contributed by atoms with E-state index in [-0.39, 0.29) is 11.3 Å². The van der Waals surface area contributed by atoms with Crippen molar-refractivity contribution >= 4 is 11.7 Å². The molecule has 1 aromatic carbocycles. The summed E-state index contributed by atoms with van der Waals surface area (Å²) in [5.41, 5.74) is 1.69. The number of carbonyl (C=O) groups excluding carboxylic acids is 1. The van der Waals surface area contributed by atoms with Gasteiger partial charge in [0, 0.05) is 30.3 Å². The molecule has 1 amide bonds. The fourth-order valence-electron chi connectivity index (χ4n) is 3.12. The molecule has 8 nitrogen and oxygen atoms in total. The van der Waals surface area contributed by atoms with Gasteiger partial charge in [0.1, 0.15) is 11.4 Å². The lowest BCUT2D eigenvalue weighted by molar-refractivity contribution is -0.123. The van der Waals surface area contributed by atoms with E-state index in [1.54, 1.807) is 29.8 Å². The number of anilines is 1. The van der Waals surface area contributed by atoms with Gasteiger partial charge < -0.3 is 14.8 Å². The zero-order valence-corrected chi connectivity index (χ0v) is 19.5.